The Morgan fingerprint density at radius 3 is 2.24 bits per heavy atom. The molecule has 2 aromatic carbocycles. The topological polar surface area (TPSA) is 61.9 Å². The standard InChI is InChI=1S/C23H29N3O3/c1-4-29-20-13-9-8-12-19(20)24-21(27)23(2,3)22(28)26-16-14-25(15-17-26)18-10-6-5-7-11-18/h5-13H,4,14-17H2,1-3H3,(H,24,27). The van der Waals surface area contributed by atoms with E-state index in [1.54, 1.807) is 30.9 Å². The zero-order valence-corrected chi connectivity index (χ0v) is 17.4. The van der Waals surface area contributed by atoms with Crippen molar-refractivity contribution >= 4 is 23.2 Å². The molecule has 6 heteroatoms. The maximum atomic E-state index is 13.1. The maximum absolute atomic E-state index is 13.1. The highest BCUT2D eigenvalue weighted by Gasteiger charge is 2.40. The third-order valence-corrected chi connectivity index (χ3v) is 5.23. The minimum absolute atomic E-state index is 0.156. The van der Waals surface area contributed by atoms with Gasteiger partial charge in [0.15, 0.2) is 0 Å². The number of nitrogens with one attached hydrogen (secondary N) is 1. The third-order valence-electron chi connectivity index (χ3n) is 5.23. The highest BCUT2D eigenvalue weighted by Crippen LogP contribution is 2.28. The van der Waals surface area contributed by atoms with E-state index in [1.807, 2.05) is 37.3 Å². The number of nitrogens with zero attached hydrogens (tertiary/aromatic N) is 2. The first kappa shape index (κ1) is 20.7. The van der Waals surface area contributed by atoms with Gasteiger partial charge in [-0.1, -0.05) is 30.3 Å². The van der Waals surface area contributed by atoms with Gasteiger partial charge in [-0.2, -0.15) is 0 Å². The van der Waals surface area contributed by atoms with Crippen molar-refractivity contribution < 1.29 is 14.3 Å². The first-order valence-electron chi connectivity index (χ1n) is 10.1. The predicted octanol–water partition coefficient (Wildman–Crippen LogP) is 3.40. The molecule has 0 bridgehead atoms. The molecule has 1 aliphatic rings. The van der Waals surface area contributed by atoms with Crippen LogP contribution < -0.4 is 15.0 Å². The van der Waals surface area contributed by atoms with Gasteiger partial charge in [0.05, 0.1) is 12.3 Å². The Labute approximate surface area is 172 Å². The van der Waals surface area contributed by atoms with E-state index >= 15 is 0 Å². The molecule has 0 spiro atoms. The van der Waals surface area contributed by atoms with E-state index < -0.39 is 5.41 Å². The largest absolute Gasteiger partial charge is 0.492 e. The summed E-state index contributed by atoms with van der Waals surface area (Å²) in [5.41, 5.74) is 0.562. The van der Waals surface area contributed by atoms with Crippen molar-refractivity contribution in [2.24, 2.45) is 5.41 Å². The van der Waals surface area contributed by atoms with Gasteiger partial charge < -0.3 is 19.9 Å². The van der Waals surface area contributed by atoms with E-state index in [4.69, 9.17) is 4.74 Å². The molecule has 2 aromatic rings. The zero-order valence-electron chi connectivity index (χ0n) is 17.4. The summed E-state index contributed by atoms with van der Waals surface area (Å²) in [6.45, 7) is 8.44. The number of hydrogen-bond acceptors (Lipinski definition) is 4. The van der Waals surface area contributed by atoms with Crippen molar-refractivity contribution in [2.45, 2.75) is 20.8 Å². The quantitative estimate of drug-likeness (QED) is 0.762. The van der Waals surface area contributed by atoms with Crippen molar-refractivity contribution in [3.8, 4) is 5.75 Å². The predicted molar refractivity (Wildman–Crippen MR) is 115 cm³/mol. The van der Waals surface area contributed by atoms with Crippen LogP contribution >= 0.6 is 0 Å². The van der Waals surface area contributed by atoms with Crippen molar-refractivity contribution in [3.05, 3.63) is 54.6 Å². The van der Waals surface area contributed by atoms with E-state index in [9.17, 15) is 9.59 Å². The Morgan fingerprint density at radius 2 is 1.59 bits per heavy atom. The van der Waals surface area contributed by atoms with Crippen LogP contribution in [0.25, 0.3) is 0 Å². The number of rotatable bonds is 6. The summed E-state index contributed by atoms with van der Waals surface area (Å²) in [5.74, 6) is 0.111. The molecular formula is C23H29N3O3. The van der Waals surface area contributed by atoms with Gasteiger partial charge in [0.2, 0.25) is 11.8 Å². The van der Waals surface area contributed by atoms with E-state index in [-0.39, 0.29) is 11.8 Å². The molecule has 0 atom stereocenters. The Kier molecular flexibility index (Phi) is 6.42. The molecule has 154 valence electrons. The van der Waals surface area contributed by atoms with Crippen molar-refractivity contribution in [1.29, 1.82) is 0 Å². The molecule has 0 unspecified atom stereocenters. The summed E-state index contributed by atoms with van der Waals surface area (Å²) in [4.78, 5) is 30.1. The van der Waals surface area contributed by atoms with Crippen LogP contribution in [0.5, 0.6) is 5.75 Å². The molecular weight excluding hydrogens is 366 g/mol. The molecule has 2 amide bonds. The number of benzene rings is 2. The minimum atomic E-state index is -1.17. The van der Waals surface area contributed by atoms with Gasteiger partial charge in [-0.15, -0.1) is 0 Å². The number of hydrogen-bond donors (Lipinski definition) is 1. The number of piperazine rings is 1. The fourth-order valence-corrected chi connectivity index (χ4v) is 3.43. The molecule has 1 fully saturated rings. The number of anilines is 2. The molecule has 0 aromatic heterocycles. The van der Waals surface area contributed by atoms with E-state index in [1.165, 1.54) is 0 Å². The van der Waals surface area contributed by atoms with Gasteiger partial charge in [-0.05, 0) is 45.0 Å². The van der Waals surface area contributed by atoms with Crippen LogP contribution in [0, 0.1) is 5.41 Å². The van der Waals surface area contributed by atoms with Crippen LogP contribution in [0.2, 0.25) is 0 Å². The third kappa shape index (κ3) is 4.70. The van der Waals surface area contributed by atoms with Gasteiger partial charge in [0, 0.05) is 31.9 Å². The maximum Gasteiger partial charge on any atom is 0.239 e. The molecule has 1 saturated heterocycles. The van der Waals surface area contributed by atoms with E-state index in [2.05, 4.69) is 22.3 Å². The molecule has 1 N–H and O–H groups in total. The molecule has 3 rings (SSSR count). The second-order valence-corrected chi connectivity index (χ2v) is 7.62. The zero-order chi connectivity index (χ0) is 20.9. The summed E-state index contributed by atoms with van der Waals surface area (Å²) in [7, 11) is 0. The highest BCUT2D eigenvalue weighted by atomic mass is 16.5. The average molecular weight is 396 g/mol. The van der Waals surface area contributed by atoms with Crippen molar-refractivity contribution in [1.82, 2.24) is 4.90 Å². The van der Waals surface area contributed by atoms with Gasteiger partial charge in [-0.25, -0.2) is 0 Å². The monoisotopic (exact) mass is 395 g/mol. The summed E-state index contributed by atoms with van der Waals surface area (Å²) in [5, 5.41) is 2.87. The lowest BCUT2D eigenvalue weighted by atomic mass is 9.89. The fourth-order valence-electron chi connectivity index (χ4n) is 3.43. The number of amides is 2. The van der Waals surface area contributed by atoms with Crippen LogP contribution in [0.3, 0.4) is 0 Å². The Hall–Kier alpha value is -3.02. The summed E-state index contributed by atoms with van der Waals surface area (Å²) in [6.07, 6.45) is 0. The fraction of sp³-hybridized carbons (Fsp3) is 0.391. The van der Waals surface area contributed by atoms with Gasteiger partial charge in [0.1, 0.15) is 11.2 Å². The molecule has 0 aliphatic carbocycles. The highest BCUT2D eigenvalue weighted by molar-refractivity contribution is 6.10. The Bertz CT molecular complexity index is 843. The van der Waals surface area contributed by atoms with Crippen molar-refractivity contribution in [2.75, 3.05) is 43.0 Å². The second kappa shape index (κ2) is 8.99. The summed E-state index contributed by atoms with van der Waals surface area (Å²) >= 11 is 0. The van der Waals surface area contributed by atoms with Crippen LogP contribution in [0.4, 0.5) is 11.4 Å². The van der Waals surface area contributed by atoms with E-state index in [0.29, 0.717) is 31.1 Å². The molecule has 0 radical (unpaired) electrons. The van der Waals surface area contributed by atoms with E-state index in [0.717, 1.165) is 18.8 Å². The Balaban J connectivity index is 1.63. The first-order valence-corrected chi connectivity index (χ1v) is 10.1. The van der Waals surface area contributed by atoms with Crippen LogP contribution in [-0.2, 0) is 9.59 Å². The van der Waals surface area contributed by atoms with Gasteiger partial charge in [-0.3, -0.25) is 9.59 Å². The number of carbonyl (C=O) groups excluding carboxylic acids is 2. The van der Waals surface area contributed by atoms with Gasteiger partial charge >= 0.3 is 0 Å². The smallest absolute Gasteiger partial charge is 0.239 e. The lowest BCUT2D eigenvalue weighted by molar-refractivity contribution is -0.146. The molecule has 0 saturated carbocycles. The second-order valence-electron chi connectivity index (χ2n) is 7.62. The number of para-hydroxylation sites is 3. The lowest BCUT2D eigenvalue weighted by Gasteiger charge is -2.39. The van der Waals surface area contributed by atoms with Crippen LogP contribution in [-0.4, -0.2) is 49.5 Å². The summed E-state index contributed by atoms with van der Waals surface area (Å²) < 4.78 is 5.57. The summed E-state index contributed by atoms with van der Waals surface area (Å²) in [6, 6.07) is 17.4. The molecule has 1 aliphatic heterocycles. The average Bonchev–Trinajstić information content (AvgIpc) is 2.75. The molecule has 1 heterocycles. The molecule has 29 heavy (non-hydrogen) atoms. The normalized spacial score (nSPS) is 14.4. The van der Waals surface area contributed by atoms with Crippen molar-refractivity contribution in [3.63, 3.8) is 0 Å². The van der Waals surface area contributed by atoms with Gasteiger partial charge in [0.25, 0.3) is 0 Å². The van der Waals surface area contributed by atoms with Crippen LogP contribution in [0.1, 0.15) is 20.8 Å². The Morgan fingerprint density at radius 1 is 0.966 bits per heavy atom. The minimum Gasteiger partial charge on any atom is -0.492 e. The first-order chi connectivity index (χ1) is 13.9. The van der Waals surface area contributed by atoms with Crippen LogP contribution in [0.15, 0.2) is 54.6 Å². The SMILES string of the molecule is CCOc1ccccc1NC(=O)C(C)(C)C(=O)N1CCN(c2ccccc2)CC1. The number of carbonyl (C=O) groups is 2. The molecule has 6 nitrogen and oxygen atoms in total. The lowest BCUT2D eigenvalue weighted by Crippen LogP contribution is -2.54. The number of ether oxygens (including phenoxy) is 1.